The van der Waals surface area contributed by atoms with Crippen LogP contribution in [0.2, 0.25) is 0 Å². The van der Waals surface area contributed by atoms with Gasteiger partial charge in [-0.05, 0) is 70.6 Å². The van der Waals surface area contributed by atoms with Crippen LogP contribution >= 0.6 is 0 Å². The van der Waals surface area contributed by atoms with Crippen molar-refractivity contribution in [3.8, 4) is 0 Å². The Balaban J connectivity index is 4.36. The number of rotatable bonds is 37. The molecule has 0 radical (unpaired) electrons. The fourth-order valence-corrected chi connectivity index (χ4v) is 5.72. The Hall–Kier alpha value is -2.11. The van der Waals surface area contributed by atoms with E-state index in [1.54, 1.807) is 0 Å². The maximum atomic E-state index is 12.6. The molecule has 49 heavy (non-hydrogen) atoms. The monoisotopic (exact) mass is 691 g/mol. The second kappa shape index (κ2) is 38.7. The lowest BCUT2D eigenvalue weighted by Crippen LogP contribution is -2.30. The van der Waals surface area contributed by atoms with E-state index in [0.29, 0.717) is 19.3 Å². The molecule has 0 rings (SSSR count). The third-order valence-corrected chi connectivity index (χ3v) is 8.93. The third kappa shape index (κ3) is 37.0. The number of allylic oxidation sites excluding steroid dienone is 4. The summed E-state index contributed by atoms with van der Waals surface area (Å²) in [6.07, 6.45) is 40.2. The summed E-state index contributed by atoms with van der Waals surface area (Å²) in [6, 6.07) is 0. The van der Waals surface area contributed by atoms with Gasteiger partial charge in [0, 0.05) is 19.3 Å². The first-order chi connectivity index (χ1) is 24.0. The smallest absolute Gasteiger partial charge is 0.306 e. The molecule has 1 atom stereocenters. The first-order valence-electron chi connectivity index (χ1n) is 20.8. The molecule has 6 heteroatoms. The van der Waals surface area contributed by atoms with Crippen LogP contribution in [-0.4, -0.2) is 37.2 Å². The Kier molecular flexibility index (Phi) is 37.0. The van der Waals surface area contributed by atoms with Crippen molar-refractivity contribution in [2.45, 2.75) is 219 Å². The van der Waals surface area contributed by atoms with E-state index in [4.69, 9.17) is 14.2 Å². The van der Waals surface area contributed by atoms with Gasteiger partial charge < -0.3 is 14.2 Å². The molecule has 0 N–H and O–H groups in total. The Morgan fingerprint density at radius 3 is 1.06 bits per heavy atom. The second-order valence-electron chi connectivity index (χ2n) is 13.9. The van der Waals surface area contributed by atoms with Crippen LogP contribution in [-0.2, 0) is 28.6 Å². The van der Waals surface area contributed by atoms with Gasteiger partial charge >= 0.3 is 17.9 Å². The summed E-state index contributed by atoms with van der Waals surface area (Å²) in [4.78, 5) is 37.4. The number of esters is 3. The van der Waals surface area contributed by atoms with Crippen molar-refractivity contribution < 1.29 is 28.6 Å². The average Bonchev–Trinajstić information content (AvgIpc) is 3.10. The fraction of sp³-hybridized carbons (Fsp3) is 0.837. The van der Waals surface area contributed by atoms with Crippen molar-refractivity contribution in [1.82, 2.24) is 0 Å². The molecule has 0 saturated carbocycles. The lowest BCUT2D eigenvalue weighted by Gasteiger charge is -2.18. The van der Waals surface area contributed by atoms with Gasteiger partial charge in [0.15, 0.2) is 6.10 Å². The normalized spacial score (nSPS) is 12.1. The zero-order valence-corrected chi connectivity index (χ0v) is 32.5. The Bertz CT molecular complexity index is 804. The maximum Gasteiger partial charge on any atom is 0.306 e. The molecule has 0 aliphatic carbocycles. The Morgan fingerprint density at radius 1 is 0.388 bits per heavy atom. The standard InChI is InChI=1S/C43H78O6/c1-4-7-10-13-16-18-20-22-24-27-30-33-36-42(45)48-39-40(38-47-41(44)35-32-29-26-15-12-9-6-3)49-43(46)37-34-31-28-25-23-21-19-17-14-11-8-5-2/h16-19,40H,4-15,20-39H2,1-3H3/b18-16-,19-17-. The number of unbranched alkanes of at least 4 members (excludes halogenated alkanes) is 22. The minimum Gasteiger partial charge on any atom is -0.462 e. The Labute approximate surface area is 303 Å². The molecule has 0 spiro atoms. The quantitative estimate of drug-likeness (QED) is 0.0279. The first kappa shape index (κ1) is 46.9. The molecular formula is C43H78O6. The topological polar surface area (TPSA) is 78.9 Å². The summed E-state index contributed by atoms with van der Waals surface area (Å²) in [5.74, 6) is -0.903. The van der Waals surface area contributed by atoms with Crippen LogP contribution in [0.1, 0.15) is 213 Å². The van der Waals surface area contributed by atoms with Gasteiger partial charge in [-0.15, -0.1) is 0 Å². The van der Waals surface area contributed by atoms with Crippen molar-refractivity contribution in [2.75, 3.05) is 13.2 Å². The van der Waals surface area contributed by atoms with Crippen molar-refractivity contribution in [3.05, 3.63) is 24.3 Å². The van der Waals surface area contributed by atoms with Crippen molar-refractivity contribution >= 4 is 17.9 Å². The van der Waals surface area contributed by atoms with Crippen LogP contribution in [0.25, 0.3) is 0 Å². The molecule has 0 saturated heterocycles. The molecule has 0 aromatic rings. The van der Waals surface area contributed by atoms with Crippen molar-refractivity contribution in [2.24, 2.45) is 0 Å². The summed E-state index contributed by atoms with van der Waals surface area (Å²) in [6.45, 7) is 6.51. The molecule has 286 valence electrons. The molecule has 6 nitrogen and oxygen atoms in total. The van der Waals surface area contributed by atoms with Crippen molar-refractivity contribution in [1.29, 1.82) is 0 Å². The molecule has 0 aromatic carbocycles. The summed E-state index contributed by atoms with van der Waals surface area (Å²) >= 11 is 0. The molecule has 0 amide bonds. The van der Waals surface area contributed by atoms with Gasteiger partial charge in [0.05, 0.1) is 0 Å². The average molecular weight is 691 g/mol. The van der Waals surface area contributed by atoms with Crippen LogP contribution < -0.4 is 0 Å². The van der Waals surface area contributed by atoms with E-state index in [9.17, 15) is 14.4 Å². The molecule has 0 heterocycles. The molecule has 0 aliphatic heterocycles. The summed E-state index contributed by atoms with van der Waals surface area (Å²) < 4.78 is 16.6. The van der Waals surface area contributed by atoms with Gasteiger partial charge in [-0.25, -0.2) is 0 Å². The highest BCUT2D eigenvalue weighted by Crippen LogP contribution is 2.13. The predicted molar refractivity (Wildman–Crippen MR) is 206 cm³/mol. The number of hydrogen-bond donors (Lipinski definition) is 0. The minimum atomic E-state index is -0.770. The maximum absolute atomic E-state index is 12.6. The van der Waals surface area contributed by atoms with Gasteiger partial charge in [0.2, 0.25) is 0 Å². The highest BCUT2D eigenvalue weighted by atomic mass is 16.6. The van der Waals surface area contributed by atoms with E-state index < -0.39 is 6.10 Å². The molecule has 0 aliphatic rings. The summed E-state index contributed by atoms with van der Waals surface area (Å²) in [5.41, 5.74) is 0. The van der Waals surface area contributed by atoms with E-state index in [1.807, 2.05) is 0 Å². The molecule has 0 bridgehead atoms. The first-order valence-corrected chi connectivity index (χ1v) is 20.8. The summed E-state index contributed by atoms with van der Waals surface area (Å²) in [5, 5.41) is 0. The number of carbonyl (C=O) groups is 3. The predicted octanol–water partition coefficient (Wildman–Crippen LogP) is 12.9. The van der Waals surface area contributed by atoms with Crippen LogP contribution in [0.15, 0.2) is 24.3 Å². The van der Waals surface area contributed by atoms with Gasteiger partial charge in [-0.1, -0.05) is 148 Å². The van der Waals surface area contributed by atoms with E-state index >= 15 is 0 Å². The van der Waals surface area contributed by atoms with E-state index in [0.717, 1.165) is 77.0 Å². The fourth-order valence-electron chi connectivity index (χ4n) is 5.72. The molecular weight excluding hydrogens is 612 g/mol. The third-order valence-electron chi connectivity index (χ3n) is 8.93. The van der Waals surface area contributed by atoms with Gasteiger partial charge in [-0.2, -0.15) is 0 Å². The zero-order chi connectivity index (χ0) is 35.9. The highest BCUT2D eigenvalue weighted by Gasteiger charge is 2.19. The largest absolute Gasteiger partial charge is 0.462 e. The van der Waals surface area contributed by atoms with Crippen molar-refractivity contribution in [3.63, 3.8) is 0 Å². The number of carbonyl (C=O) groups excluding carboxylic acids is 3. The van der Waals surface area contributed by atoms with E-state index in [-0.39, 0.29) is 31.1 Å². The lowest BCUT2D eigenvalue weighted by molar-refractivity contribution is -0.167. The van der Waals surface area contributed by atoms with Gasteiger partial charge in [0.1, 0.15) is 13.2 Å². The second-order valence-corrected chi connectivity index (χ2v) is 13.9. The lowest BCUT2D eigenvalue weighted by atomic mass is 10.1. The highest BCUT2D eigenvalue weighted by molar-refractivity contribution is 5.71. The summed E-state index contributed by atoms with van der Waals surface area (Å²) in [7, 11) is 0. The van der Waals surface area contributed by atoms with Gasteiger partial charge in [-0.3, -0.25) is 14.4 Å². The SMILES string of the molecule is CCCCC/C=C\CCCCCCCC(=O)OCC(COC(=O)CCCCCCCCC)OC(=O)CCCCCCC/C=C\CCCCC. The van der Waals surface area contributed by atoms with Crippen LogP contribution in [0.3, 0.4) is 0 Å². The number of hydrogen-bond acceptors (Lipinski definition) is 6. The molecule has 0 aromatic heterocycles. The zero-order valence-electron chi connectivity index (χ0n) is 32.5. The van der Waals surface area contributed by atoms with Crippen LogP contribution in [0.5, 0.6) is 0 Å². The van der Waals surface area contributed by atoms with E-state index in [1.165, 1.54) is 96.3 Å². The Morgan fingerprint density at radius 2 is 0.673 bits per heavy atom. The molecule has 0 fully saturated rings. The van der Waals surface area contributed by atoms with Crippen LogP contribution in [0.4, 0.5) is 0 Å². The van der Waals surface area contributed by atoms with E-state index in [2.05, 4.69) is 45.1 Å². The van der Waals surface area contributed by atoms with Crippen LogP contribution in [0, 0.1) is 0 Å². The molecule has 1 unspecified atom stereocenters. The minimum absolute atomic E-state index is 0.0760. The number of ether oxygens (including phenoxy) is 3. The van der Waals surface area contributed by atoms with Gasteiger partial charge in [0.25, 0.3) is 0 Å².